The van der Waals surface area contributed by atoms with Gasteiger partial charge in [-0.15, -0.1) is 0 Å². The number of carbonyl (C=O) groups is 1. The standard InChI is InChI=1S/C13H16O4S/c1-18(15,16)9-7-12(14)13-11-5-3-2-4-10(11)6-8-17-13/h2-5,13H,6-9H2,1H3. The van der Waals surface area contributed by atoms with E-state index in [1.807, 2.05) is 24.3 Å². The van der Waals surface area contributed by atoms with Crippen molar-refractivity contribution in [2.24, 2.45) is 0 Å². The SMILES string of the molecule is CS(=O)(=O)CCC(=O)C1OCCc2ccccc21. The molecule has 1 heterocycles. The number of benzene rings is 1. The van der Waals surface area contributed by atoms with Gasteiger partial charge in [-0.25, -0.2) is 8.42 Å². The van der Waals surface area contributed by atoms with Crippen LogP contribution in [0, 0.1) is 0 Å². The molecule has 1 unspecified atom stereocenters. The van der Waals surface area contributed by atoms with Crippen molar-refractivity contribution in [3.05, 3.63) is 35.4 Å². The smallest absolute Gasteiger partial charge is 0.167 e. The summed E-state index contributed by atoms with van der Waals surface area (Å²) in [5.74, 6) is -0.277. The van der Waals surface area contributed by atoms with Gasteiger partial charge in [-0.3, -0.25) is 4.79 Å². The number of sulfone groups is 1. The molecule has 18 heavy (non-hydrogen) atoms. The first-order valence-electron chi connectivity index (χ1n) is 5.87. The number of fused-ring (bicyclic) bond motifs is 1. The molecule has 98 valence electrons. The first kappa shape index (κ1) is 13.2. The number of hydrogen-bond donors (Lipinski definition) is 0. The summed E-state index contributed by atoms with van der Waals surface area (Å²) in [6.45, 7) is 0.506. The van der Waals surface area contributed by atoms with Crippen LogP contribution in [-0.4, -0.2) is 32.8 Å². The number of ketones is 1. The average Bonchev–Trinajstić information content (AvgIpc) is 2.34. The van der Waals surface area contributed by atoms with E-state index in [0.29, 0.717) is 6.61 Å². The van der Waals surface area contributed by atoms with Gasteiger partial charge in [0, 0.05) is 12.7 Å². The minimum absolute atomic E-state index is 0.0117. The molecule has 0 saturated carbocycles. The minimum atomic E-state index is -3.11. The maximum absolute atomic E-state index is 12.0. The van der Waals surface area contributed by atoms with Crippen molar-refractivity contribution in [1.82, 2.24) is 0 Å². The zero-order chi connectivity index (χ0) is 13.2. The van der Waals surface area contributed by atoms with Gasteiger partial charge in [-0.1, -0.05) is 24.3 Å². The lowest BCUT2D eigenvalue weighted by Gasteiger charge is -2.24. The summed E-state index contributed by atoms with van der Waals surface area (Å²) >= 11 is 0. The van der Waals surface area contributed by atoms with Crippen molar-refractivity contribution < 1.29 is 17.9 Å². The fourth-order valence-corrected chi connectivity index (χ4v) is 2.65. The van der Waals surface area contributed by atoms with Crippen LogP contribution in [0.5, 0.6) is 0 Å². The van der Waals surface area contributed by atoms with Crippen LogP contribution in [0.1, 0.15) is 23.7 Å². The molecule has 0 saturated heterocycles. The molecule has 0 N–H and O–H groups in total. The lowest BCUT2D eigenvalue weighted by molar-refractivity contribution is -0.131. The van der Waals surface area contributed by atoms with Gasteiger partial charge in [0.1, 0.15) is 15.9 Å². The van der Waals surface area contributed by atoms with Gasteiger partial charge in [0.25, 0.3) is 0 Å². The normalized spacial score (nSPS) is 19.3. The van der Waals surface area contributed by atoms with E-state index in [1.165, 1.54) is 0 Å². The van der Waals surface area contributed by atoms with Crippen molar-refractivity contribution >= 4 is 15.6 Å². The molecule has 0 bridgehead atoms. The van der Waals surface area contributed by atoms with Crippen LogP contribution in [0.25, 0.3) is 0 Å². The number of ether oxygens (including phenoxy) is 1. The molecule has 4 nitrogen and oxygen atoms in total. The highest BCUT2D eigenvalue weighted by molar-refractivity contribution is 7.90. The third kappa shape index (κ3) is 3.17. The van der Waals surface area contributed by atoms with Gasteiger partial charge in [0.2, 0.25) is 0 Å². The second-order valence-electron chi connectivity index (χ2n) is 4.55. The molecule has 0 aromatic heterocycles. The van der Waals surface area contributed by atoms with Crippen LogP contribution in [0.3, 0.4) is 0 Å². The van der Waals surface area contributed by atoms with E-state index < -0.39 is 15.9 Å². The molecule has 1 aliphatic rings. The number of rotatable bonds is 4. The average molecular weight is 268 g/mol. The van der Waals surface area contributed by atoms with E-state index in [0.717, 1.165) is 23.8 Å². The zero-order valence-corrected chi connectivity index (χ0v) is 11.1. The Morgan fingerprint density at radius 3 is 2.83 bits per heavy atom. The van der Waals surface area contributed by atoms with Crippen molar-refractivity contribution in [2.75, 3.05) is 18.6 Å². The van der Waals surface area contributed by atoms with Crippen LogP contribution in [0.2, 0.25) is 0 Å². The Kier molecular flexibility index (Phi) is 3.82. The quantitative estimate of drug-likeness (QED) is 0.826. The summed E-state index contributed by atoms with van der Waals surface area (Å²) in [6.07, 6.45) is 1.34. The van der Waals surface area contributed by atoms with Gasteiger partial charge >= 0.3 is 0 Å². The first-order valence-corrected chi connectivity index (χ1v) is 7.93. The van der Waals surface area contributed by atoms with Crippen LogP contribution < -0.4 is 0 Å². The molecule has 0 amide bonds. The van der Waals surface area contributed by atoms with E-state index in [4.69, 9.17) is 4.74 Å². The van der Waals surface area contributed by atoms with Gasteiger partial charge in [0.05, 0.1) is 12.4 Å². The molecule has 1 aliphatic heterocycles. The van der Waals surface area contributed by atoms with Crippen molar-refractivity contribution in [3.63, 3.8) is 0 Å². The molecule has 2 rings (SSSR count). The monoisotopic (exact) mass is 268 g/mol. The summed E-state index contributed by atoms with van der Waals surface area (Å²) in [5, 5.41) is 0. The second kappa shape index (κ2) is 5.20. The lowest BCUT2D eigenvalue weighted by Crippen LogP contribution is -2.24. The lowest BCUT2D eigenvalue weighted by atomic mass is 9.94. The van der Waals surface area contributed by atoms with Crippen LogP contribution in [-0.2, 0) is 25.8 Å². The highest BCUT2D eigenvalue weighted by Gasteiger charge is 2.27. The summed E-state index contributed by atoms with van der Waals surface area (Å²) in [6, 6.07) is 7.65. The maximum atomic E-state index is 12.0. The van der Waals surface area contributed by atoms with E-state index in [-0.39, 0.29) is 18.0 Å². The van der Waals surface area contributed by atoms with Crippen LogP contribution in [0.15, 0.2) is 24.3 Å². The second-order valence-corrected chi connectivity index (χ2v) is 6.81. The summed E-state index contributed by atoms with van der Waals surface area (Å²) in [7, 11) is -3.11. The predicted molar refractivity (Wildman–Crippen MR) is 68.2 cm³/mol. The zero-order valence-electron chi connectivity index (χ0n) is 10.3. The molecular weight excluding hydrogens is 252 g/mol. The van der Waals surface area contributed by atoms with Gasteiger partial charge in [-0.05, 0) is 17.5 Å². The first-order chi connectivity index (χ1) is 8.47. The summed E-state index contributed by atoms with van der Waals surface area (Å²) < 4.78 is 27.6. The molecule has 0 aliphatic carbocycles. The highest BCUT2D eigenvalue weighted by Crippen LogP contribution is 2.28. The van der Waals surface area contributed by atoms with Gasteiger partial charge in [0.15, 0.2) is 5.78 Å². The largest absolute Gasteiger partial charge is 0.365 e. The number of hydrogen-bond acceptors (Lipinski definition) is 4. The van der Waals surface area contributed by atoms with Gasteiger partial charge < -0.3 is 4.74 Å². The summed E-state index contributed by atoms with van der Waals surface area (Å²) in [5.41, 5.74) is 1.99. The third-order valence-corrected chi connectivity index (χ3v) is 3.95. The molecule has 0 spiro atoms. The fourth-order valence-electron chi connectivity index (χ4n) is 2.08. The van der Waals surface area contributed by atoms with Crippen molar-refractivity contribution in [3.8, 4) is 0 Å². The maximum Gasteiger partial charge on any atom is 0.167 e. The van der Waals surface area contributed by atoms with E-state index in [1.54, 1.807) is 0 Å². The van der Waals surface area contributed by atoms with Crippen molar-refractivity contribution in [2.45, 2.75) is 18.9 Å². The van der Waals surface area contributed by atoms with Gasteiger partial charge in [-0.2, -0.15) is 0 Å². The Morgan fingerprint density at radius 2 is 2.11 bits per heavy atom. The Bertz CT molecular complexity index is 548. The Hall–Kier alpha value is -1.20. The molecule has 0 radical (unpaired) electrons. The van der Waals surface area contributed by atoms with Crippen molar-refractivity contribution in [1.29, 1.82) is 0 Å². The molecule has 1 aromatic rings. The fraction of sp³-hybridized carbons (Fsp3) is 0.462. The Balaban J connectivity index is 2.13. The Labute approximate surface area is 107 Å². The number of carbonyl (C=O) groups excluding carboxylic acids is 1. The predicted octanol–water partition coefficient (Wildman–Crippen LogP) is 1.30. The van der Waals surface area contributed by atoms with E-state index in [9.17, 15) is 13.2 Å². The number of Topliss-reactive ketones (excluding diaryl/α,β-unsaturated/α-hetero) is 1. The van der Waals surface area contributed by atoms with E-state index >= 15 is 0 Å². The molecule has 0 fully saturated rings. The third-order valence-electron chi connectivity index (χ3n) is 3.01. The molecular formula is C13H16O4S. The molecule has 1 aromatic carbocycles. The molecule has 1 atom stereocenters. The Morgan fingerprint density at radius 1 is 1.39 bits per heavy atom. The van der Waals surface area contributed by atoms with E-state index in [2.05, 4.69) is 0 Å². The highest BCUT2D eigenvalue weighted by atomic mass is 32.2. The summed E-state index contributed by atoms with van der Waals surface area (Å²) in [4.78, 5) is 12.0. The van der Waals surface area contributed by atoms with Crippen LogP contribution >= 0.6 is 0 Å². The van der Waals surface area contributed by atoms with Crippen LogP contribution in [0.4, 0.5) is 0 Å². The topological polar surface area (TPSA) is 60.4 Å². The minimum Gasteiger partial charge on any atom is -0.365 e. The molecule has 5 heteroatoms.